The summed E-state index contributed by atoms with van der Waals surface area (Å²) in [6.45, 7) is 2.86. The van der Waals surface area contributed by atoms with E-state index in [4.69, 9.17) is 14.2 Å². The number of nitrogens with zero attached hydrogens (tertiary/aromatic N) is 2. The number of carbonyl (C=O) groups excluding carboxylic acids is 1. The smallest absolute Gasteiger partial charge is 0.260 e. The highest BCUT2D eigenvalue weighted by atomic mass is 16.5. The summed E-state index contributed by atoms with van der Waals surface area (Å²) in [6, 6.07) is 13.4. The Morgan fingerprint density at radius 1 is 1.07 bits per heavy atom. The van der Waals surface area contributed by atoms with Gasteiger partial charge < -0.3 is 24.0 Å². The molecule has 0 N–H and O–H groups in total. The summed E-state index contributed by atoms with van der Waals surface area (Å²) in [4.78, 5) is 16.6. The van der Waals surface area contributed by atoms with E-state index in [1.165, 1.54) is 5.56 Å². The molecule has 28 heavy (non-hydrogen) atoms. The predicted octanol–water partition coefficient (Wildman–Crippen LogP) is 3.06. The van der Waals surface area contributed by atoms with Crippen LogP contribution in [0, 0.1) is 0 Å². The molecule has 0 fully saturated rings. The second-order valence-electron chi connectivity index (χ2n) is 6.93. The molecule has 6 nitrogen and oxygen atoms in total. The maximum atomic E-state index is 12.5. The highest BCUT2D eigenvalue weighted by molar-refractivity contribution is 5.97. The van der Waals surface area contributed by atoms with Gasteiger partial charge in [-0.05, 0) is 56.3 Å². The Morgan fingerprint density at radius 2 is 1.86 bits per heavy atom. The third-order valence-electron chi connectivity index (χ3n) is 4.98. The lowest BCUT2D eigenvalue weighted by molar-refractivity contribution is 0.0512. The van der Waals surface area contributed by atoms with Crippen molar-refractivity contribution < 1.29 is 19.0 Å². The van der Waals surface area contributed by atoms with Crippen molar-refractivity contribution >= 4 is 5.91 Å². The van der Waals surface area contributed by atoms with Gasteiger partial charge in [0, 0.05) is 13.1 Å². The van der Waals surface area contributed by atoms with Gasteiger partial charge in [-0.3, -0.25) is 4.79 Å². The van der Waals surface area contributed by atoms with E-state index in [2.05, 4.69) is 18.0 Å². The van der Waals surface area contributed by atoms with Gasteiger partial charge in [0.15, 0.2) is 18.2 Å². The molecule has 1 aliphatic rings. The Balaban J connectivity index is 1.43. The van der Waals surface area contributed by atoms with Gasteiger partial charge in [0.2, 0.25) is 0 Å². The molecule has 1 amide bonds. The molecule has 0 spiro atoms. The van der Waals surface area contributed by atoms with Gasteiger partial charge in [0.05, 0.1) is 19.8 Å². The average molecular weight is 384 g/mol. The molecule has 2 aromatic carbocycles. The first-order valence-electron chi connectivity index (χ1n) is 9.53. The van der Waals surface area contributed by atoms with Gasteiger partial charge in [-0.1, -0.05) is 18.2 Å². The van der Waals surface area contributed by atoms with Crippen molar-refractivity contribution in [2.75, 3.05) is 47.6 Å². The Bertz CT molecular complexity index is 809. The molecule has 0 aliphatic carbocycles. The van der Waals surface area contributed by atoms with Crippen LogP contribution in [0.25, 0.3) is 0 Å². The normalized spacial score (nSPS) is 13.3. The molecule has 0 atom stereocenters. The van der Waals surface area contributed by atoms with E-state index in [1.54, 1.807) is 19.1 Å². The lowest BCUT2D eigenvalue weighted by atomic mass is 10.1. The Hall–Kier alpha value is -2.73. The molecule has 1 aliphatic heterocycles. The van der Waals surface area contributed by atoms with Gasteiger partial charge in [-0.25, -0.2) is 0 Å². The van der Waals surface area contributed by atoms with Gasteiger partial charge in [-0.2, -0.15) is 0 Å². The Morgan fingerprint density at radius 3 is 2.64 bits per heavy atom. The largest absolute Gasteiger partial charge is 0.493 e. The van der Waals surface area contributed by atoms with Crippen LogP contribution in [0.5, 0.6) is 17.2 Å². The Kier molecular flexibility index (Phi) is 6.76. The SMILES string of the molecule is COc1ccc(CCN(C)CCCN2COc3ccccc3C2=O)cc1OC. The van der Waals surface area contributed by atoms with Crippen LogP contribution in [-0.2, 0) is 6.42 Å². The predicted molar refractivity (Wildman–Crippen MR) is 108 cm³/mol. The first-order chi connectivity index (χ1) is 13.6. The number of benzene rings is 2. The van der Waals surface area contributed by atoms with E-state index in [9.17, 15) is 4.79 Å². The van der Waals surface area contributed by atoms with Gasteiger partial charge in [0.1, 0.15) is 5.75 Å². The van der Waals surface area contributed by atoms with Crippen LogP contribution in [0.3, 0.4) is 0 Å². The quantitative estimate of drug-likeness (QED) is 0.665. The summed E-state index contributed by atoms with van der Waals surface area (Å²) in [6.07, 6.45) is 1.83. The fraction of sp³-hybridized carbons (Fsp3) is 0.409. The van der Waals surface area contributed by atoms with Crippen LogP contribution in [0.4, 0.5) is 0 Å². The number of hydrogen-bond donors (Lipinski definition) is 0. The fourth-order valence-electron chi connectivity index (χ4n) is 3.31. The van der Waals surface area contributed by atoms with Crippen LogP contribution in [0.15, 0.2) is 42.5 Å². The summed E-state index contributed by atoms with van der Waals surface area (Å²) in [7, 11) is 5.39. The molecule has 0 unspecified atom stereocenters. The minimum absolute atomic E-state index is 0.0508. The minimum Gasteiger partial charge on any atom is -0.493 e. The molecular weight excluding hydrogens is 356 g/mol. The van der Waals surface area contributed by atoms with Crippen molar-refractivity contribution in [1.82, 2.24) is 9.80 Å². The number of likely N-dealkylation sites (N-methyl/N-ethyl adjacent to an activating group) is 1. The highest BCUT2D eigenvalue weighted by Crippen LogP contribution is 2.28. The van der Waals surface area contributed by atoms with E-state index < -0.39 is 0 Å². The number of fused-ring (bicyclic) bond motifs is 1. The molecule has 0 saturated carbocycles. The maximum absolute atomic E-state index is 12.5. The molecule has 0 radical (unpaired) electrons. The number of amides is 1. The molecular formula is C22H28N2O4. The standard InChI is InChI=1S/C22H28N2O4/c1-23(14-11-17-9-10-20(26-2)21(15-17)27-3)12-6-13-24-16-28-19-8-5-4-7-18(19)22(24)25/h4-5,7-10,15H,6,11-14,16H2,1-3H3. The van der Waals surface area contributed by atoms with Crippen LogP contribution in [-0.4, -0.2) is 63.3 Å². The lowest BCUT2D eigenvalue weighted by Gasteiger charge is -2.29. The molecule has 2 aromatic rings. The van der Waals surface area contributed by atoms with Gasteiger partial charge in [-0.15, -0.1) is 0 Å². The molecule has 6 heteroatoms. The third-order valence-corrected chi connectivity index (χ3v) is 4.98. The van der Waals surface area contributed by atoms with E-state index in [-0.39, 0.29) is 5.91 Å². The van der Waals surface area contributed by atoms with Gasteiger partial charge in [0.25, 0.3) is 5.91 Å². The summed E-state index contributed by atoms with van der Waals surface area (Å²) < 4.78 is 16.3. The zero-order valence-corrected chi connectivity index (χ0v) is 16.8. The first-order valence-corrected chi connectivity index (χ1v) is 9.53. The number of methoxy groups -OCH3 is 2. The third kappa shape index (κ3) is 4.75. The number of ether oxygens (including phenoxy) is 3. The monoisotopic (exact) mass is 384 g/mol. The van der Waals surface area contributed by atoms with Crippen molar-refractivity contribution in [3.63, 3.8) is 0 Å². The van der Waals surface area contributed by atoms with Gasteiger partial charge >= 0.3 is 0 Å². The highest BCUT2D eigenvalue weighted by Gasteiger charge is 2.24. The maximum Gasteiger partial charge on any atom is 0.260 e. The summed E-state index contributed by atoms with van der Waals surface area (Å²) in [5, 5.41) is 0. The molecule has 150 valence electrons. The average Bonchev–Trinajstić information content (AvgIpc) is 2.73. The van der Waals surface area contributed by atoms with E-state index >= 15 is 0 Å². The molecule has 1 heterocycles. The lowest BCUT2D eigenvalue weighted by Crippen LogP contribution is -2.40. The second kappa shape index (κ2) is 9.46. The van der Waals surface area contributed by atoms with Crippen LogP contribution in [0.2, 0.25) is 0 Å². The van der Waals surface area contributed by atoms with E-state index in [0.29, 0.717) is 24.6 Å². The van der Waals surface area contributed by atoms with Crippen molar-refractivity contribution in [3.05, 3.63) is 53.6 Å². The molecule has 0 saturated heterocycles. The minimum atomic E-state index is 0.0508. The van der Waals surface area contributed by atoms with Crippen molar-refractivity contribution in [2.24, 2.45) is 0 Å². The number of para-hydroxylation sites is 1. The summed E-state index contributed by atoms with van der Waals surface area (Å²) in [5.74, 6) is 2.23. The fourth-order valence-corrected chi connectivity index (χ4v) is 3.31. The number of carbonyl (C=O) groups is 1. The first kappa shape index (κ1) is 20.0. The van der Waals surface area contributed by atoms with Crippen LogP contribution in [0.1, 0.15) is 22.3 Å². The van der Waals surface area contributed by atoms with E-state index in [1.807, 2.05) is 36.4 Å². The van der Waals surface area contributed by atoms with Crippen molar-refractivity contribution in [2.45, 2.75) is 12.8 Å². The topological polar surface area (TPSA) is 51.2 Å². The summed E-state index contributed by atoms with van der Waals surface area (Å²) >= 11 is 0. The van der Waals surface area contributed by atoms with E-state index in [0.717, 1.165) is 37.4 Å². The molecule has 0 bridgehead atoms. The van der Waals surface area contributed by atoms with Crippen molar-refractivity contribution in [1.29, 1.82) is 0 Å². The van der Waals surface area contributed by atoms with Crippen LogP contribution >= 0.6 is 0 Å². The molecule has 0 aromatic heterocycles. The number of hydrogen-bond acceptors (Lipinski definition) is 5. The Labute approximate surface area is 166 Å². The molecule has 3 rings (SSSR count). The number of rotatable bonds is 9. The zero-order valence-electron chi connectivity index (χ0n) is 16.8. The second-order valence-corrected chi connectivity index (χ2v) is 6.93. The van der Waals surface area contributed by atoms with Crippen LogP contribution < -0.4 is 14.2 Å². The zero-order chi connectivity index (χ0) is 19.9. The van der Waals surface area contributed by atoms with Crippen molar-refractivity contribution in [3.8, 4) is 17.2 Å². The summed E-state index contributed by atoms with van der Waals surface area (Å²) in [5.41, 5.74) is 1.86.